The molecule has 0 aliphatic carbocycles. The highest BCUT2D eigenvalue weighted by molar-refractivity contribution is 5.70. The van der Waals surface area contributed by atoms with Gasteiger partial charge in [-0.2, -0.15) is 0 Å². The molecule has 1 fully saturated rings. The van der Waals surface area contributed by atoms with Crippen molar-refractivity contribution in [3.63, 3.8) is 0 Å². The molecule has 10 nitrogen and oxygen atoms in total. The molecule has 3 aromatic rings. The van der Waals surface area contributed by atoms with Crippen molar-refractivity contribution in [2.24, 2.45) is 0 Å². The minimum absolute atomic E-state index is 0.123. The summed E-state index contributed by atoms with van der Waals surface area (Å²) in [5, 5.41) is 9.44. The van der Waals surface area contributed by atoms with Gasteiger partial charge in [0.25, 0.3) is 0 Å². The van der Waals surface area contributed by atoms with Crippen LogP contribution in [-0.4, -0.2) is 57.7 Å². The van der Waals surface area contributed by atoms with Crippen molar-refractivity contribution in [1.82, 2.24) is 14.5 Å². The first-order chi connectivity index (χ1) is 20.8. The van der Waals surface area contributed by atoms with Crippen molar-refractivity contribution < 1.29 is 28.8 Å². The zero-order chi connectivity index (χ0) is 30.2. The van der Waals surface area contributed by atoms with Crippen molar-refractivity contribution in [3.05, 3.63) is 81.4 Å². The Kier molecular flexibility index (Phi) is 10.1. The smallest absolute Gasteiger partial charge is 0.410 e. The fourth-order valence-electron chi connectivity index (χ4n) is 5.54. The van der Waals surface area contributed by atoms with Crippen molar-refractivity contribution in [1.29, 1.82) is 0 Å². The van der Waals surface area contributed by atoms with Gasteiger partial charge in [0, 0.05) is 39.2 Å². The topological polar surface area (TPSA) is 115 Å². The highest BCUT2D eigenvalue weighted by Crippen LogP contribution is 2.35. The second-order valence-electron chi connectivity index (χ2n) is 11.9. The number of imidazole rings is 1. The zero-order valence-electron chi connectivity index (χ0n) is 25.2. The Bertz CT molecular complexity index is 1430. The Hall–Kier alpha value is -3.76. The molecule has 2 aliphatic heterocycles. The molecule has 1 atom stereocenters. The lowest BCUT2D eigenvalue weighted by Crippen LogP contribution is -2.35. The lowest BCUT2D eigenvalue weighted by atomic mass is 10.0. The number of ether oxygens (including phenoxy) is 4. The molecule has 5 rings (SSSR count). The van der Waals surface area contributed by atoms with Crippen LogP contribution in [0.1, 0.15) is 80.7 Å². The number of aryl methyl sites for hydroxylation is 1. The van der Waals surface area contributed by atoms with Crippen LogP contribution in [0, 0.1) is 0 Å². The highest BCUT2D eigenvalue weighted by atomic mass is 16.7. The standard InChI is InChI=1S/C33H43N3O7/c1-33(2)41-23-27-19-26(13-14-28(27)43-33)29-21-35(32(39)42-29)15-6-3-4-7-16-40-17-8-5-10-24-11-9-12-25(18-24)20-36-22-30(37)34-31(36)38/h9,11-14,18-19,22,29,37H,3-8,10,15-17,20-21,23H2,1-2H3,(H,34,38). The molecule has 1 aromatic heterocycles. The predicted octanol–water partition coefficient (Wildman–Crippen LogP) is 5.67. The van der Waals surface area contributed by atoms with E-state index in [1.54, 1.807) is 4.90 Å². The van der Waals surface area contributed by atoms with Crippen LogP contribution in [0.3, 0.4) is 0 Å². The van der Waals surface area contributed by atoms with Crippen LogP contribution in [-0.2, 0) is 33.8 Å². The van der Waals surface area contributed by atoms with Gasteiger partial charge in [0.05, 0.1) is 25.9 Å². The molecule has 0 bridgehead atoms. The quantitative estimate of drug-likeness (QED) is 0.218. The number of fused-ring (bicyclic) bond motifs is 1. The van der Waals surface area contributed by atoms with E-state index in [0.29, 0.717) is 26.2 Å². The number of aromatic amines is 1. The fraction of sp³-hybridized carbons (Fsp3) is 0.515. The highest BCUT2D eigenvalue weighted by Gasteiger charge is 2.33. The molecule has 1 saturated heterocycles. The summed E-state index contributed by atoms with van der Waals surface area (Å²) in [6.45, 7) is 7.46. The summed E-state index contributed by atoms with van der Waals surface area (Å²) >= 11 is 0. The Balaban J connectivity index is 0.900. The third-order valence-electron chi connectivity index (χ3n) is 7.86. The molecule has 2 aliphatic rings. The first-order valence-electron chi connectivity index (χ1n) is 15.3. The molecule has 43 heavy (non-hydrogen) atoms. The predicted molar refractivity (Wildman–Crippen MR) is 161 cm³/mol. The number of hydrogen-bond acceptors (Lipinski definition) is 7. The largest absolute Gasteiger partial charge is 0.493 e. The number of cyclic esters (lactones) is 1. The van der Waals surface area contributed by atoms with Gasteiger partial charge in [-0.15, -0.1) is 0 Å². The Morgan fingerprint density at radius 3 is 2.60 bits per heavy atom. The Morgan fingerprint density at radius 1 is 1.00 bits per heavy atom. The number of carbonyl (C=O) groups is 1. The molecular formula is C33H43N3O7. The number of hydrogen-bond donors (Lipinski definition) is 2. The zero-order valence-corrected chi connectivity index (χ0v) is 25.2. The van der Waals surface area contributed by atoms with Gasteiger partial charge in [-0.3, -0.25) is 9.55 Å². The van der Waals surface area contributed by atoms with E-state index in [-0.39, 0.29) is 23.8 Å². The summed E-state index contributed by atoms with van der Waals surface area (Å²) in [7, 11) is 0. The molecule has 0 spiro atoms. The average molecular weight is 594 g/mol. The van der Waals surface area contributed by atoms with E-state index >= 15 is 0 Å². The van der Waals surface area contributed by atoms with Crippen LogP contribution in [0.5, 0.6) is 11.6 Å². The number of benzene rings is 2. The van der Waals surface area contributed by atoms with Gasteiger partial charge < -0.3 is 29.0 Å². The number of aromatic hydroxyl groups is 1. The van der Waals surface area contributed by atoms with E-state index in [1.165, 1.54) is 16.3 Å². The van der Waals surface area contributed by atoms with Gasteiger partial charge in [0.2, 0.25) is 11.7 Å². The number of carbonyl (C=O) groups excluding carboxylic acids is 1. The second kappa shape index (κ2) is 14.1. The van der Waals surface area contributed by atoms with Gasteiger partial charge in [0.1, 0.15) is 11.9 Å². The van der Waals surface area contributed by atoms with Crippen LogP contribution in [0.25, 0.3) is 0 Å². The minimum Gasteiger partial charge on any atom is -0.493 e. The van der Waals surface area contributed by atoms with E-state index < -0.39 is 5.79 Å². The number of unbranched alkanes of at least 4 members (excludes halogenated alkanes) is 4. The average Bonchev–Trinajstić information content (AvgIpc) is 3.50. The van der Waals surface area contributed by atoms with Crippen molar-refractivity contribution in [2.75, 3.05) is 26.3 Å². The molecule has 2 aromatic carbocycles. The molecule has 1 unspecified atom stereocenters. The van der Waals surface area contributed by atoms with Crippen molar-refractivity contribution in [2.45, 2.75) is 83.8 Å². The van der Waals surface area contributed by atoms with E-state index in [4.69, 9.17) is 18.9 Å². The fourth-order valence-corrected chi connectivity index (χ4v) is 5.54. The summed E-state index contributed by atoms with van der Waals surface area (Å²) in [6.07, 6.45) is 7.96. The van der Waals surface area contributed by atoms with Gasteiger partial charge >= 0.3 is 11.8 Å². The number of nitrogens with zero attached hydrogens (tertiary/aromatic N) is 2. The van der Waals surface area contributed by atoms with E-state index in [9.17, 15) is 14.7 Å². The molecule has 0 radical (unpaired) electrons. The van der Waals surface area contributed by atoms with Crippen molar-refractivity contribution in [3.8, 4) is 11.6 Å². The summed E-state index contributed by atoms with van der Waals surface area (Å²) in [4.78, 5) is 28.4. The Labute approximate surface area is 252 Å². The first-order valence-corrected chi connectivity index (χ1v) is 15.3. The van der Waals surface area contributed by atoms with E-state index in [1.807, 2.05) is 44.2 Å². The number of rotatable bonds is 15. The van der Waals surface area contributed by atoms with Crippen LogP contribution in [0.4, 0.5) is 4.79 Å². The van der Waals surface area contributed by atoms with Crippen LogP contribution >= 0.6 is 0 Å². The van der Waals surface area contributed by atoms with Crippen LogP contribution in [0.2, 0.25) is 0 Å². The Morgan fingerprint density at radius 2 is 1.79 bits per heavy atom. The lowest BCUT2D eigenvalue weighted by Gasteiger charge is -2.32. The molecule has 1 amide bonds. The van der Waals surface area contributed by atoms with Crippen LogP contribution < -0.4 is 10.4 Å². The van der Waals surface area contributed by atoms with E-state index in [2.05, 4.69) is 17.1 Å². The monoisotopic (exact) mass is 593 g/mol. The number of nitrogens with one attached hydrogen (secondary N) is 1. The van der Waals surface area contributed by atoms with Crippen LogP contribution in [0.15, 0.2) is 53.5 Å². The maximum absolute atomic E-state index is 12.4. The summed E-state index contributed by atoms with van der Waals surface area (Å²) in [5.74, 6) is 0.0660. The molecule has 0 saturated carbocycles. The third-order valence-corrected chi connectivity index (χ3v) is 7.86. The molecule has 10 heteroatoms. The summed E-state index contributed by atoms with van der Waals surface area (Å²) < 4.78 is 24.6. The number of aromatic nitrogens is 2. The molecule has 2 N–H and O–H groups in total. The number of H-pyrrole nitrogens is 1. The van der Waals surface area contributed by atoms with Gasteiger partial charge in [-0.05, 0) is 60.9 Å². The summed E-state index contributed by atoms with van der Waals surface area (Å²) in [6, 6.07) is 14.1. The molecule has 3 heterocycles. The summed E-state index contributed by atoms with van der Waals surface area (Å²) in [5.41, 5.74) is 3.89. The maximum Gasteiger partial charge on any atom is 0.410 e. The third kappa shape index (κ3) is 8.64. The number of amides is 1. The lowest BCUT2D eigenvalue weighted by molar-refractivity contribution is -0.180. The van der Waals surface area contributed by atoms with Gasteiger partial charge in [0.15, 0.2) is 0 Å². The van der Waals surface area contributed by atoms with Gasteiger partial charge in [-0.1, -0.05) is 43.2 Å². The maximum atomic E-state index is 12.4. The molecular weight excluding hydrogens is 550 g/mol. The second-order valence-corrected chi connectivity index (χ2v) is 11.9. The first kappa shape index (κ1) is 30.7. The SMILES string of the molecule is CC1(C)OCc2cc(C3CN(CCCCCCOCCCCc4cccc(Cn5cc(O)[nH]c5=O)c4)C(=O)O3)ccc2O1. The van der Waals surface area contributed by atoms with Gasteiger partial charge in [-0.25, -0.2) is 9.59 Å². The minimum atomic E-state index is -0.630. The normalized spacial score (nSPS) is 17.5. The van der Waals surface area contributed by atoms with E-state index in [0.717, 1.165) is 80.6 Å². The molecule has 232 valence electrons. The van der Waals surface area contributed by atoms with Crippen molar-refractivity contribution >= 4 is 6.09 Å².